The molecule has 41 valence electrons. The van der Waals surface area contributed by atoms with E-state index in [9.17, 15) is 0 Å². The van der Waals surface area contributed by atoms with Gasteiger partial charge in [0.2, 0.25) is 0 Å². The maximum absolute atomic E-state index is 4.00. The van der Waals surface area contributed by atoms with Crippen molar-refractivity contribution >= 4 is 24.8 Å². The fourth-order valence-electron chi connectivity index (χ4n) is 0. The second-order valence-electron chi connectivity index (χ2n) is 0. The van der Waals surface area contributed by atoms with Crippen molar-refractivity contribution in [2.75, 3.05) is 0 Å². The normalized spacial score (nSPS) is 1.20. The van der Waals surface area contributed by atoms with Crippen LogP contribution in [0.2, 0.25) is 0 Å². The molecular formula is H6Cl2CuN2. The molecule has 0 aromatic carbocycles. The Bertz CT molecular complexity index is 7.61. The Kier molecular flexibility index (Phi) is 580. The molecule has 0 bridgehead atoms. The zero-order chi connectivity index (χ0) is 2.00. The summed E-state index contributed by atoms with van der Waals surface area (Å²) < 4.78 is 0. The number of halogens is 2. The van der Waals surface area contributed by atoms with E-state index < -0.39 is 0 Å². The number of rotatable bonds is 0. The monoisotopic (exact) mass is 167 g/mol. The number of hydrogen-bond acceptors (Lipinski definition) is 2. The summed E-state index contributed by atoms with van der Waals surface area (Å²) in [6, 6.07) is 0. The Morgan fingerprint density at radius 2 is 0.800 bits per heavy atom. The van der Waals surface area contributed by atoms with E-state index >= 15 is 0 Å². The van der Waals surface area contributed by atoms with Crippen LogP contribution >= 0.6 is 24.8 Å². The van der Waals surface area contributed by atoms with Gasteiger partial charge in [0.15, 0.2) is 0 Å². The van der Waals surface area contributed by atoms with Crippen LogP contribution in [0.4, 0.5) is 0 Å². The van der Waals surface area contributed by atoms with Gasteiger partial charge in [0, 0.05) is 17.1 Å². The summed E-state index contributed by atoms with van der Waals surface area (Å²) in [4.78, 5) is 0. The molecule has 0 aliphatic rings. The zero-order valence-corrected chi connectivity index (χ0v) is 4.85. The van der Waals surface area contributed by atoms with Gasteiger partial charge in [-0.1, -0.05) is 0 Å². The van der Waals surface area contributed by atoms with Gasteiger partial charge in [0.1, 0.15) is 0 Å². The third-order valence-electron chi connectivity index (χ3n) is 0. The van der Waals surface area contributed by atoms with Crippen LogP contribution in [0.15, 0.2) is 0 Å². The van der Waals surface area contributed by atoms with Crippen molar-refractivity contribution in [3.63, 3.8) is 0 Å². The van der Waals surface area contributed by atoms with Crippen LogP contribution in [0.25, 0.3) is 0 Å². The van der Waals surface area contributed by atoms with E-state index in [4.69, 9.17) is 0 Å². The van der Waals surface area contributed by atoms with Crippen LogP contribution in [-0.4, -0.2) is 0 Å². The standard InChI is InChI=1S/2ClH.Cu.H4N2/c;;;1-2/h2*1H;;1-2H2. The minimum Gasteiger partial charge on any atom is -0.274 e. The molecule has 0 saturated carbocycles. The molecule has 0 heterocycles. The maximum atomic E-state index is 4.00. The van der Waals surface area contributed by atoms with Gasteiger partial charge in [-0.05, 0) is 0 Å². The Morgan fingerprint density at radius 3 is 0.800 bits per heavy atom. The largest absolute Gasteiger partial charge is 0.274 e. The van der Waals surface area contributed by atoms with E-state index in [0.29, 0.717) is 0 Å². The van der Waals surface area contributed by atoms with Crippen molar-refractivity contribution in [1.29, 1.82) is 0 Å². The minimum atomic E-state index is 0. The molecule has 0 fully saturated rings. The van der Waals surface area contributed by atoms with Crippen molar-refractivity contribution < 1.29 is 17.1 Å². The topological polar surface area (TPSA) is 52.0 Å². The van der Waals surface area contributed by atoms with Gasteiger partial charge < -0.3 is 0 Å². The van der Waals surface area contributed by atoms with Crippen LogP contribution < -0.4 is 11.7 Å². The molecule has 0 atom stereocenters. The molecule has 0 rings (SSSR count). The van der Waals surface area contributed by atoms with Gasteiger partial charge in [0.25, 0.3) is 0 Å². The molecule has 0 spiro atoms. The van der Waals surface area contributed by atoms with Crippen LogP contribution in [0.5, 0.6) is 0 Å². The predicted molar refractivity (Wildman–Crippen MR) is 22.9 cm³/mol. The van der Waals surface area contributed by atoms with E-state index in [-0.39, 0.29) is 41.9 Å². The fraction of sp³-hybridized carbons (Fsp3) is 0. The zero-order valence-electron chi connectivity index (χ0n) is 2.27. The quantitative estimate of drug-likeness (QED) is 0.295. The number of nitrogens with two attached hydrogens (primary N) is 2. The van der Waals surface area contributed by atoms with Crippen molar-refractivity contribution in [2.24, 2.45) is 11.7 Å². The first-order valence-electron chi connectivity index (χ1n) is 0.333. The van der Waals surface area contributed by atoms with Crippen molar-refractivity contribution in [3.05, 3.63) is 0 Å². The van der Waals surface area contributed by atoms with Crippen LogP contribution in [0.1, 0.15) is 0 Å². The SMILES string of the molecule is Cl.Cl.NN.[Cu]. The minimum absolute atomic E-state index is 0. The average molecular weight is 169 g/mol. The van der Waals surface area contributed by atoms with Gasteiger partial charge in [0.05, 0.1) is 0 Å². The van der Waals surface area contributed by atoms with Crippen molar-refractivity contribution in [3.8, 4) is 0 Å². The van der Waals surface area contributed by atoms with Crippen LogP contribution in [-0.2, 0) is 17.1 Å². The molecule has 0 aromatic heterocycles. The Hall–Kier alpha value is 1.02. The molecule has 2 nitrogen and oxygen atoms in total. The number of hydrogen-bond donors (Lipinski definition) is 2. The van der Waals surface area contributed by atoms with E-state index in [1.807, 2.05) is 0 Å². The Morgan fingerprint density at radius 1 is 0.800 bits per heavy atom. The van der Waals surface area contributed by atoms with Gasteiger partial charge in [-0.25, -0.2) is 0 Å². The number of hydrazine groups is 1. The second-order valence-corrected chi connectivity index (χ2v) is 0. The summed E-state index contributed by atoms with van der Waals surface area (Å²) in [5.74, 6) is 8.00. The summed E-state index contributed by atoms with van der Waals surface area (Å²) in [7, 11) is 0. The predicted octanol–water partition coefficient (Wildman–Crippen LogP) is -0.340. The van der Waals surface area contributed by atoms with E-state index in [0.717, 1.165) is 0 Å². The van der Waals surface area contributed by atoms with Gasteiger partial charge in [-0.3, -0.25) is 11.7 Å². The third-order valence-corrected chi connectivity index (χ3v) is 0. The van der Waals surface area contributed by atoms with Crippen LogP contribution in [0.3, 0.4) is 0 Å². The van der Waals surface area contributed by atoms with E-state index in [1.54, 1.807) is 0 Å². The van der Waals surface area contributed by atoms with E-state index in [2.05, 4.69) is 11.7 Å². The summed E-state index contributed by atoms with van der Waals surface area (Å²) >= 11 is 0. The second kappa shape index (κ2) is 78.0. The molecule has 1 radical (unpaired) electrons. The summed E-state index contributed by atoms with van der Waals surface area (Å²) in [6.45, 7) is 0. The molecule has 4 N–H and O–H groups in total. The van der Waals surface area contributed by atoms with Gasteiger partial charge in [-0.2, -0.15) is 0 Å². The van der Waals surface area contributed by atoms with Gasteiger partial charge in [-0.15, -0.1) is 24.8 Å². The molecule has 0 amide bonds. The first-order chi connectivity index (χ1) is 1.00. The fourth-order valence-corrected chi connectivity index (χ4v) is 0. The average Bonchev–Trinajstić information content (AvgIpc) is 1.00. The first-order valence-corrected chi connectivity index (χ1v) is 0.333. The molecule has 0 saturated heterocycles. The van der Waals surface area contributed by atoms with Crippen molar-refractivity contribution in [1.82, 2.24) is 0 Å². The molecule has 0 aliphatic heterocycles. The summed E-state index contributed by atoms with van der Waals surface area (Å²) in [5.41, 5.74) is 0. The van der Waals surface area contributed by atoms with Crippen LogP contribution in [0, 0.1) is 0 Å². The summed E-state index contributed by atoms with van der Waals surface area (Å²) in [6.07, 6.45) is 0. The van der Waals surface area contributed by atoms with Crippen molar-refractivity contribution in [2.45, 2.75) is 0 Å². The first kappa shape index (κ1) is 37.2. The maximum Gasteiger partial charge on any atom is 0 e. The third kappa shape index (κ3) is 44.0. The van der Waals surface area contributed by atoms with Gasteiger partial charge >= 0.3 is 0 Å². The molecule has 5 heteroatoms. The Balaban J connectivity index is -0.00000000167. The smallest absolute Gasteiger partial charge is 0 e. The Labute approximate surface area is 53.9 Å². The molecular weight excluding hydrogens is 162 g/mol. The molecule has 0 unspecified atom stereocenters. The molecule has 0 aliphatic carbocycles. The summed E-state index contributed by atoms with van der Waals surface area (Å²) in [5, 5.41) is 0. The molecule has 0 aromatic rings. The van der Waals surface area contributed by atoms with E-state index in [1.165, 1.54) is 0 Å². The molecule has 5 heavy (non-hydrogen) atoms.